The van der Waals surface area contributed by atoms with Crippen LogP contribution in [-0.2, 0) is 6.42 Å². The molecule has 0 spiro atoms. The topological polar surface area (TPSA) is 55.6 Å². The fourth-order valence-corrected chi connectivity index (χ4v) is 4.40. The Balaban J connectivity index is 1.09. The van der Waals surface area contributed by atoms with Crippen LogP contribution in [0.15, 0.2) is 59.3 Å². The van der Waals surface area contributed by atoms with Gasteiger partial charge in [-0.1, -0.05) is 0 Å². The third kappa shape index (κ3) is 3.83. The summed E-state index contributed by atoms with van der Waals surface area (Å²) in [5, 5.41) is 12.1. The number of fused-ring (bicyclic) bond motifs is 2. The van der Waals surface area contributed by atoms with Crippen LogP contribution in [0.25, 0.3) is 21.9 Å². The molecule has 5 rings (SSSR count). The van der Waals surface area contributed by atoms with Crippen molar-refractivity contribution < 1.29 is 9.52 Å². The lowest BCUT2D eigenvalue weighted by Crippen LogP contribution is -2.46. The SMILES string of the molecule is Oc1ccc2[nH]cc(CCCCN3CCN(c4ccc5occc5c4)CC3)c2c1. The maximum atomic E-state index is 9.73. The molecule has 5 nitrogen and oxygen atoms in total. The van der Waals surface area contributed by atoms with Gasteiger partial charge >= 0.3 is 0 Å². The fourth-order valence-electron chi connectivity index (χ4n) is 4.40. The number of hydrogen-bond donors (Lipinski definition) is 2. The number of benzene rings is 2. The molecule has 0 saturated carbocycles. The summed E-state index contributed by atoms with van der Waals surface area (Å²) in [7, 11) is 0. The van der Waals surface area contributed by atoms with Gasteiger partial charge in [-0.05, 0) is 73.8 Å². The largest absolute Gasteiger partial charge is 0.508 e. The van der Waals surface area contributed by atoms with Gasteiger partial charge in [-0.2, -0.15) is 0 Å². The van der Waals surface area contributed by atoms with Crippen molar-refractivity contribution >= 4 is 27.6 Å². The van der Waals surface area contributed by atoms with Crippen LogP contribution in [0.2, 0.25) is 0 Å². The zero-order valence-electron chi connectivity index (χ0n) is 16.6. The first-order chi connectivity index (χ1) is 14.3. The first-order valence-corrected chi connectivity index (χ1v) is 10.5. The molecule has 0 unspecified atom stereocenters. The third-order valence-corrected chi connectivity index (χ3v) is 6.09. The van der Waals surface area contributed by atoms with E-state index in [0.717, 1.165) is 55.6 Å². The zero-order chi connectivity index (χ0) is 19.6. The lowest BCUT2D eigenvalue weighted by molar-refractivity contribution is 0.253. The molecule has 5 heteroatoms. The molecule has 2 aromatic heterocycles. The molecule has 3 heterocycles. The van der Waals surface area contributed by atoms with Crippen LogP contribution in [0.1, 0.15) is 18.4 Å². The molecule has 2 N–H and O–H groups in total. The molecule has 0 aliphatic carbocycles. The highest BCUT2D eigenvalue weighted by Crippen LogP contribution is 2.25. The van der Waals surface area contributed by atoms with Crippen LogP contribution in [0.5, 0.6) is 5.75 Å². The number of phenols is 1. The molecule has 150 valence electrons. The van der Waals surface area contributed by atoms with E-state index in [2.05, 4.69) is 39.2 Å². The van der Waals surface area contributed by atoms with Crippen LogP contribution in [-0.4, -0.2) is 47.7 Å². The molecule has 1 fully saturated rings. The average Bonchev–Trinajstić information content (AvgIpc) is 3.38. The van der Waals surface area contributed by atoms with Gasteiger partial charge in [0.2, 0.25) is 0 Å². The highest BCUT2D eigenvalue weighted by Gasteiger charge is 2.17. The summed E-state index contributed by atoms with van der Waals surface area (Å²) >= 11 is 0. The van der Waals surface area contributed by atoms with Gasteiger partial charge in [-0.3, -0.25) is 4.90 Å². The number of nitrogens with zero attached hydrogens (tertiary/aromatic N) is 2. The highest BCUT2D eigenvalue weighted by atomic mass is 16.3. The molecule has 2 aromatic carbocycles. The van der Waals surface area contributed by atoms with E-state index in [1.807, 2.05) is 18.2 Å². The molecule has 0 atom stereocenters. The van der Waals surface area contributed by atoms with Crippen LogP contribution in [0.4, 0.5) is 5.69 Å². The van der Waals surface area contributed by atoms with Gasteiger partial charge in [-0.15, -0.1) is 0 Å². The smallest absolute Gasteiger partial charge is 0.133 e. The second-order valence-corrected chi connectivity index (χ2v) is 7.97. The molecular weight excluding hydrogens is 362 g/mol. The maximum absolute atomic E-state index is 9.73. The summed E-state index contributed by atoms with van der Waals surface area (Å²) in [6.45, 7) is 5.53. The molecule has 0 amide bonds. The number of phenolic OH excluding ortho intramolecular Hbond substituents is 1. The number of aromatic nitrogens is 1. The van der Waals surface area contributed by atoms with Crippen LogP contribution in [0.3, 0.4) is 0 Å². The first-order valence-electron chi connectivity index (χ1n) is 10.5. The summed E-state index contributed by atoms with van der Waals surface area (Å²) in [6, 6.07) is 14.0. The van der Waals surface area contributed by atoms with E-state index in [1.165, 1.54) is 29.5 Å². The number of furan rings is 1. The van der Waals surface area contributed by atoms with Crippen molar-refractivity contribution in [1.82, 2.24) is 9.88 Å². The van der Waals surface area contributed by atoms with E-state index in [0.29, 0.717) is 5.75 Å². The Morgan fingerprint density at radius 3 is 2.76 bits per heavy atom. The number of rotatable bonds is 6. The Kier molecular flexibility index (Phi) is 4.90. The zero-order valence-corrected chi connectivity index (χ0v) is 16.6. The first kappa shape index (κ1) is 18.1. The molecule has 0 radical (unpaired) electrons. The summed E-state index contributed by atoms with van der Waals surface area (Å²) in [5.74, 6) is 0.336. The van der Waals surface area contributed by atoms with E-state index in [1.54, 1.807) is 12.3 Å². The van der Waals surface area contributed by atoms with Gasteiger partial charge in [-0.25, -0.2) is 0 Å². The van der Waals surface area contributed by atoms with Gasteiger partial charge in [0.1, 0.15) is 11.3 Å². The summed E-state index contributed by atoms with van der Waals surface area (Å²) < 4.78 is 5.45. The van der Waals surface area contributed by atoms with Gasteiger partial charge in [0.25, 0.3) is 0 Å². The van der Waals surface area contributed by atoms with Gasteiger partial charge in [0.15, 0.2) is 0 Å². The summed E-state index contributed by atoms with van der Waals surface area (Å²) in [5.41, 5.74) is 4.65. The highest BCUT2D eigenvalue weighted by molar-refractivity contribution is 5.84. The minimum Gasteiger partial charge on any atom is -0.508 e. The van der Waals surface area contributed by atoms with Gasteiger partial charge in [0.05, 0.1) is 6.26 Å². The number of hydrogen-bond acceptors (Lipinski definition) is 4. The number of unbranched alkanes of at least 4 members (excludes halogenated alkanes) is 1. The van der Waals surface area contributed by atoms with E-state index < -0.39 is 0 Å². The molecule has 0 bridgehead atoms. The Hall–Kier alpha value is -2.92. The van der Waals surface area contributed by atoms with E-state index in [9.17, 15) is 5.11 Å². The number of piperazine rings is 1. The second-order valence-electron chi connectivity index (χ2n) is 7.97. The minimum atomic E-state index is 0.336. The standard InChI is InChI=1S/C24H27N3O2/c28-21-5-6-23-22(16-21)19(17-25-23)3-1-2-9-26-10-12-27(13-11-26)20-4-7-24-18(15-20)8-14-29-24/h4-8,14-17,25,28H,1-3,9-13H2. The monoisotopic (exact) mass is 389 g/mol. The molecular formula is C24H27N3O2. The molecule has 1 aliphatic rings. The van der Waals surface area contributed by atoms with Crippen LogP contribution in [0, 0.1) is 0 Å². The summed E-state index contributed by atoms with van der Waals surface area (Å²) in [4.78, 5) is 8.35. The third-order valence-electron chi connectivity index (χ3n) is 6.09. The average molecular weight is 389 g/mol. The van der Waals surface area contributed by atoms with Gasteiger partial charge < -0.3 is 19.4 Å². The van der Waals surface area contributed by atoms with Crippen molar-refractivity contribution in [2.24, 2.45) is 0 Å². The number of nitrogens with one attached hydrogen (secondary N) is 1. The summed E-state index contributed by atoms with van der Waals surface area (Å²) in [6.07, 6.45) is 7.26. The molecule has 1 saturated heterocycles. The van der Waals surface area contributed by atoms with Crippen molar-refractivity contribution in [3.63, 3.8) is 0 Å². The van der Waals surface area contributed by atoms with Crippen molar-refractivity contribution in [2.45, 2.75) is 19.3 Å². The van der Waals surface area contributed by atoms with E-state index >= 15 is 0 Å². The minimum absolute atomic E-state index is 0.336. The van der Waals surface area contributed by atoms with Gasteiger partial charge in [0, 0.05) is 54.4 Å². The Bertz CT molecular complexity index is 1110. The number of aryl methyl sites for hydroxylation is 1. The maximum Gasteiger partial charge on any atom is 0.133 e. The lowest BCUT2D eigenvalue weighted by Gasteiger charge is -2.36. The Morgan fingerprint density at radius 1 is 0.966 bits per heavy atom. The lowest BCUT2D eigenvalue weighted by atomic mass is 10.1. The molecule has 29 heavy (non-hydrogen) atoms. The van der Waals surface area contributed by atoms with Crippen molar-refractivity contribution in [3.05, 3.63) is 60.5 Å². The van der Waals surface area contributed by atoms with Crippen molar-refractivity contribution in [3.8, 4) is 5.75 Å². The predicted octanol–water partition coefficient (Wildman–Crippen LogP) is 4.76. The number of aromatic amines is 1. The van der Waals surface area contributed by atoms with Crippen LogP contribution >= 0.6 is 0 Å². The normalized spacial score (nSPS) is 15.5. The molecule has 1 aliphatic heterocycles. The number of anilines is 1. The quantitative estimate of drug-likeness (QED) is 0.467. The van der Waals surface area contributed by atoms with E-state index in [-0.39, 0.29) is 0 Å². The predicted molar refractivity (Wildman–Crippen MR) is 118 cm³/mol. The van der Waals surface area contributed by atoms with Crippen molar-refractivity contribution in [2.75, 3.05) is 37.6 Å². The number of H-pyrrole nitrogens is 1. The molecule has 4 aromatic rings. The number of aromatic hydroxyl groups is 1. The van der Waals surface area contributed by atoms with Crippen LogP contribution < -0.4 is 4.90 Å². The second kappa shape index (κ2) is 7.84. The Morgan fingerprint density at radius 2 is 1.86 bits per heavy atom. The Labute approximate surface area is 170 Å². The van der Waals surface area contributed by atoms with E-state index in [4.69, 9.17) is 4.42 Å². The fraction of sp³-hybridized carbons (Fsp3) is 0.333. The van der Waals surface area contributed by atoms with Crippen molar-refractivity contribution in [1.29, 1.82) is 0 Å².